The standard InChI is InChI=1S/C63H72N6O21S/c1-35(70)85-46-23-17-20-43(52(46)88-38(4)73)56(78)64-30-13-9-10-14-31-67(58(80)44-21-18-24-47(86-36(2)71)53(44)89-39(5)74)32-15-11-12-16-33-68(59(81)45-22-19-25-48(87-37(3)72)54(45)90-40(6)75)34-49(77)65-50(41-26-28-42(76)29-27-41)57(79)66-51-60(82)69-55(62(83)84)63(7,8)91-61(51)69/h17-29,50-51,55,61,76H,9-16,30-34H2,1-8H3,(H,64,78)(H,65,77)(H,66,79)(H,83,84)/t50?,51-,55+,61-/m1/s1. The molecular weight excluding hydrogens is 1210 g/mol. The molecule has 0 aromatic heterocycles. The Bertz CT molecular complexity index is 3460. The van der Waals surface area contributed by atoms with Crippen LogP contribution in [0, 0.1) is 0 Å². The third kappa shape index (κ3) is 19.1. The molecule has 28 heteroatoms. The maximum atomic E-state index is 14.7. The highest BCUT2D eigenvalue weighted by atomic mass is 32.2. The summed E-state index contributed by atoms with van der Waals surface area (Å²) in [6, 6.07) is 13.8. The lowest BCUT2D eigenvalue weighted by Gasteiger charge is -2.44. The lowest BCUT2D eigenvalue weighted by Crippen LogP contribution is -2.71. The minimum absolute atomic E-state index is 0.0315. The normalized spacial score (nSPS) is 15.5. The highest BCUT2D eigenvalue weighted by molar-refractivity contribution is 8.01. The Balaban J connectivity index is 1.17. The fourth-order valence-electron chi connectivity index (χ4n) is 10.2. The summed E-state index contributed by atoms with van der Waals surface area (Å²) in [7, 11) is 0. The number of aromatic hydroxyl groups is 1. The molecule has 4 aromatic rings. The molecule has 4 aromatic carbocycles. The molecule has 486 valence electrons. The first kappa shape index (κ1) is 70.2. The van der Waals surface area contributed by atoms with Crippen LogP contribution in [0.15, 0.2) is 78.9 Å². The van der Waals surface area contributed by atoms with Crippen LogP contribution in [-0.2, 0) is 47.9 Å². The van der Waals surface area contributed by atoms with Crippen LogP contribution in [0.3, 0.4) is 0 Å². The van der Waals surface area contributed by atoms with E-state index in [0.717, 1.165) is 46.4 Å². The van der Waals surface area contributed by atoms with Crippen molar-refractivity contribution in [3.05, 3.63) is 101 Å². The average Bonchev–Trinajstić information content (AvgIpc) is 1.58. The van der Waals surface area contributed by atoms with Crippen LogP contribution in [0.4, 0.5) is 0 Å². The van der Waals surface area contributed by atoms with E-state index in [-0.39, 0.29) is 89.4 Å². The molecule has 6 amide bonds. The van der Waals surface area contributed by atoms with E-state index in [0.29, 0.717) is 44.9 Å². The molecule has 4 atom stereocenters. The zero-order valence-corrected chi connectivity index (χ0v) is 52.2. The van der Waals surface area contributed by atoms with Crippen LogP contribution in [0.25, 0.3) is 0 Å². The molecule has 0 bridgehead atoms. The number of hydrogen-bond acceptors (Lipinski definition) is 21. The summed E-state index contributed by atoms with van der Waals surface area (Å²) >= 11 is 1.19. The largest absolute Gasteiger partial charge is 0.508 e. The lowest BCUT2D eigenvalue weighted by atomic mass is 9.95. The number of carboxylic acid groups (broad SMARTS) is 1. The molecule has 5 N–H and O–H groups in total. The number of ether oxygens (including phenoxy) is 6. The van der Waals surface area contributed by atoms with E-state index in [9.17, 15) is 72.5 Å². The van der Waals surface area contributed by atoms with Crippen molar-refractivity contribution in [2.24, 2.45) is 0 Å². The number of carbonyl (C=O) groups excluding carboxylic acids is 12. The Labute approximate surface area is 527 Å². The molecule has 0 spiro atoms. The van der Waals surface area contributed by atoms with Gasteiger partial charge >= 0.3 is 41.8 Å². The van der Waals surface area contributed by atoms with Gasteiger partial charge in [-0.05, 0) is 93.6 Å². The third-order valence-electron chi connectivity index (χ3n) is 14.1. The van der Waals surface area contributed by atoms with Crippen molar-refractivity contribution in [1.82, 2.24) is 30.7 Å². The summed E-state index contributed by atoms with van der Waals surface area (Å²) in [4.78, 5) is 173. The smallest absolute Gasteiger partial charge is 0.327 e. The van der Waals surface area contributed by atoms with E-state index in [1.807, 2.05) is 0 Å². The number of phenols is 1. The number of nitrogens with one attached hydrogen (secondary N) is 3. The second-order valence-corrected chi connectivity index (χ2v) is 23.5. The Hall–Kier alpha value is -9.86. The van der Waals surface area contributed by atoms with Gasteiger partial charge in [-0.2, -0.15) is 0 Å². The number of unbranched alkanes of at least 4 members (excludes halogenated alkanes) is 6. The highest BCUT2D eigenvalue weighted by Gasteiger charge is 2.64. The Morgan fingerprint density at radius 3 is 1.43 bits per heavy atom. The zero-order valence-electron chi connectivity index (χ0n) is 51.4. The number of hydrogen-bond donors (Lipinski definition) is 5. The van der Waals surface area contributed by atoms with Crippen LogP contribution in [0.2, 0.25) is 0 Å². The molecule has 2 saturated heterocycles. The second-order valence-electron chi connectivity index (χ2n) is 21.7. The average molecular weight is 1280 g/mol. The molecule has 1 unspecified atom stereocenters. The van der Waals surface area contributed by atoms with Crippen molar-refractivity contribution in [3.8, 4) is 40.2 Å². The van der Waals surface area contributed by atoms with Crippen molar-refractivity contribution >= 4 is 89.0 Å². The van der Waals surface area contributed by atoms with Gasteiger partial charge in [-0.3, -0.25) is 57.5 Å². The maximum Gasteiger partial charge on any atom is 0.327 e. The number of amides is 6. The number of thioether (sulfide) groups is 1. The van der Waals surface area contributed by atoms with E-state index in [1.165, 1.54) is 95.5 Å². The minimum Gasteiger partial charge on any atom is -0.508 e. The Morgan fingerprint density at radius 1 is 0.560 bits per heavy atom. The Morgan fingerprint density at radius 2 is 0.978 bits per heavy atom. The molecule has 27 nitrogen and oxygen atoms in total. The first-order valence-corrected chi connectivity index (χ1v) is 29.9. The lowest BCUT2D eigenvalue weighted by molar-refractivity contribution is -0.161. The van der Waals surface area contributed by atoms with E-state index in [4.69, 9.17) is 28.4 Å². The van der Waals surface area contributed by atoms with Crippen molar-refractivity contribution in [2.75, 3.05) is 32.7 Å². The third-order valence-corrected chi connectivity index (χ3v) is 15.6. The van der Waals surface area contributed by atoms with E-state index in [1.54, 1.807) is 18.7 Å². The van der Waals surface area contributed by atoms with Crippen LogP contribution in [0.5, 0.6) is 40.2 Å². The number of nitrogens with zero attached hydrogens (tertiary/aromatic N) is 3. The van der Waals surface area contributed by atoms with Gasteiger partial charge in [0.1, 0.15) is 29.2 Å². The van der Waals surface area contributed by atoms with E-state index >= 15 is 0 Å². The van der Waals surface area contributed by atoms with Crippen molar-refractivity contribution in [2.45, 2.75) is 135 Å². The number of benzene rings is 4. The number of carboxylic acids is 1. The predicted octanol–water partition coefficient (Wildman–Crippen LogP) is 5.57. The van der Waals surface area contributed by atoms with E-state index < -0.39 is 118 Å². The summed E-state index contributed by atoms with van der Waals surface area (Å²) in [6.07, 6.45) is 3.48. The van der Waals surface area contributed by atoms with Gasteiger partial charge in [-0.25, -0.2) is 4.79 Å². The van der Waals surface area contributed by atoms with Crippen molar-refractivity contribution in [1.29, 1.82) is 0 Å². The van der Waals surface area contributed by atoms with Crippen LogP contribution >= 0.6 is 11.8 Å². The molecule has 2 aliphatic heterocycles. The summed E-state index contributed by atoms with van der Waals surface area (Å²) in [5.74, 6) is -11.9. The molecule has 0 saturated carbocycles. The van der Waals surface area contributed by atoms with Gasteiger partial charge in [0.15, 0.2) is 34.5 Å². The van der Waals surface area contributed by atoms with Crippen molar-refractivity contribution < 1.29 is 101 Å². The fourth-order valence-corrected chi connectivity index (χ4v) is 11.8. The molecule has 6 rings (SSSR count). The van der Waals surface area contributed by atoms with Gasteiger partial charge in [-0.15, -0.1) is 11.8 Å². The summed E-state index contributed by atoms with van der Waals surface area (Å²) < 4.78 is 30.8. The summed E-state index contributed by atoms with van der Waals surface area (Å²) in [6.45, 7) is 9.71. The number of para-hydroxylation sites is 3. The van der Waals surface area contributed by atoms with Gasteiger partial charge in [0.25, 0.3) is 17.7 Å². The topological polar surface area (TPSA) is 364 Å². The highest BCUT2D eigenvalue weighted by Crippen LogP contribution is 2.51. The number of aliphatic carboxylic acids is 1. The molecule has 2 fully saturated rings. The van der Waals surface area contributed by atoms with Gasteiger partial charge < -0.3 is 69.3 Å². The number of β-lactam (4-membered cyclic amide) rings is 1. The fraction of sp³-hybridized carbons (Fsp3) is 0.413. The van der Waals surface area contributed by atoms with Crippen LogP contribution in [0.1, 0.15) is 149 Å². The first-order valence-electron chi connectivity index (χ1n) is 29.1. The number of phenolic OH excluding ortho intramolecular Hbond substituents is 1. The van der Waals surface area contributed by atoms with Gasteiger partial charge in [0.2, 0.25) is 17.7 Å². The zero-order chi connectivity index (χ0) is 66.9. The SMILES string of the molecule is CC(=O)Oc1cccc(C(=O)NCCCCCCN(CCCCCCN(CC(=O)NC(C(=O)N[C@@H]2C(=O)N3[C@@H]2SC(C)(C)[C@@H]3C(=O)O)c2ccc(O)cc2)C(=O)c2cccc(OC(C)=O)c2OC(C)=O)C(=O)c2cccc(OC(C)=O)c2OC(C)=O)c1OC(C)=O. The predicted molar refractivity (Wildman–Crippen MR) is 323 cm³/mol. The quantitative estimate of drug-likeness (QED) is 0.0184. The van der Waals surface area contributed by atoms with Gasteiger partial charge in [-0.1, -0.05) is 56.0 Å². The molecule has 0 radical (unpaired) electrons. The second kappa shape index (κ2) is 32.1. The van der Waals surface area contributed by atoms with Crippen LogP contribution < -0.4 is 44.4 Å². The van der Waals surface area contributed by atoms with Gasteiger partial charge in [0, 0.05) is 72.5 Å². The summed E-state index contributed by atoms with van der Waals surface area (Å²) in [5.41, 5.74) is -0.216. The number of esters is 6. The molecular formula is C63H72N6O21S. The monoisotopic (exact) mass is 1280 g/mol. The van der Waals surface area contributed by atoms with Gasteiger partial charge in [0.05, 0.1) is 23.2 Å². The van der Waals surface area contributed by atoms with Crippen LogP contribution in [-0.4, -0.2) is 157 Å². The molecule has 2 heterocycles. The minimum atomic E-state index is -1.53. The Kier molecular flexibility index (Phi) is 24.7. The summed E-state index contributed by atoms with van der Waals surface area (Å²) in [5, 5.41) is 27.4. The number of rotatable bonds is 30. The molecule has 0 aliphatic carbocycles. The van der Waals surface area contributed by atoms with E-state index in [2.05, 4.69) is 16.0 Å². The first-order chi connectivity index (χ1) is 43.1. The number of fused-ring (bicyclic) bond motifs is 1. The molecule has 91 heavy (non-hydrogen) atoms. The van der Waals surface area contributed by atoms with Crippen molar-refractivity contribution in [3.63, 3.8) is 0 Å². The number of carbonyl (C=O) groups is 13. The molecule has 2 aliphatic rings. The maximum absolute atomic E-state index is 14.7.